The van der Waals surface area contributed by atoms with Gasteiger partial charge in [-0.15, -0.1) is 23.5 Å². The minimum Gasteiger partial charge on any atom is -0.752 e. The van der Waals surface area contributed by atoms with Crippen molar-refractivity contribution >= 4 is 70.0 Å². The monoisotopic (exact) mass is 636 g/mol. The first-order valence-electron chi connectivity index (χ1n) is 11.4. The molecule has 11 heteroatoms. The van der Waals surface area contributed by atoms with Gasteiger partial charge in [-0.05, 0) is 44.1 Å². The van der Waals surface area contributed by atoms with Crippen LogP contribution in [-0.2, 0) is 56.2 Å². The second-order valence-electron chi connectivity index (χ2n) is 7.28. The van der Waals surface area contributed by atoms with E-state index in [4.69, 9.17) is 25.3 Å². The third-order valence-corrected chi connectivity index (χ3v) is 6.93. The van der Waals surface area contributed by atoms with Crippen LogP contribution in [-0.4, -0.2) is 31.1 Å². The van der Waals surface area contributed by atoms with Gasteiger partial charge in [0, 0.05) is 23.9 Å². The minimum atomic E-state index is 0. The van der Waals surface area contributed by atoms with Crippen molar-refractivity contribution < 1.29 is 19.5 Å². The zero-order valence-corrected chi connectivity index (χ0v) is 27.2. The van der Waals surface area contributed by atoms with Crippen LogP contribution in [0.15, 0.2) is 130 Å². The van der Waals surface area contributed by atoms with Gasteiger partial charge in [0.15, 0.2) is 0 Å². The van der Waals surface area contributed by atoms with Crippen LogP contribution in [0.2, 0.25) is 0 Å². The van der Waals surface area contributed by atoms with Gasteiger partial charge in [0.1, 0.15) is 0 Å². The van der Waals surface area contributed by atoms with Crippen molar-refractivity contribution in [1.29, 1.82) is 0 Å². The number of hydrogen-bond acceptors (Lipinski definition) is 10. The molecule has 0 atom stereocenters. The summed E-state index contributed by atoms with van der Waals surface area (Å²) in [7, 11) is 0. The summed E-state index contributed by atoms with van der Waals surface area (Å²) in [5.41, 5.74) is 3.97. The first kappa shape index (κ1) is 32.4. The van der Waals surface area contributed by atoms with E-state index in [9.17, 15) is 0 Å². The summed E-state index contributed by atoms with van der Waals surface area (Å²) in [6.07, 6.45) is 6.61. The van der Waals surface area contributed by atoms with Gasteiger partial charge in [0.25, 0.3) is 0 Å². The SMILES string of the molecule is [S-]/C(=N\N=C\c1ccccn1)SCc1ccccc1.[S-]/C(=N\N=C\c1ccccn1)SCc1ccccc1.[Zn+2]. The van der Waals surface area contributed by atoms with Gasteiger partial charge in [-0.1, -0.05) is 72.8 Å². The quantitative estimate of drug-likeness (QED) is 0.0722. The largest absolute Gasteiger partial charge is 2.00 e. The molecule has 39 heavy (non-hydrogen) atoms. The summed E-state index contributed by atoms with van der Waals surface area (Å²) >= 11 is 13.3. The maximum atomic E-state index is 5.13. The average Bonchev–Trinajstić information content (AvgIpc) is 2.98. The van der Waals surface area contributed by atoms with Crippen molar-refractivity contribution in [2.75, 3.05) is 0 Å². The van der Waals surface area contributed by atoms with E-state index in [0.717, 1.165) is 22.9 Å². The Kier molecular flexibility index (Phi) is 16.7. The van der Waals surface area contributed by atoms with Gasteiger partial charge in [-0.3, -0.25) is 9.97 Å². The normalized spacial score (nSPS) is 11.6. The number of thioether (sulfide) groups is 2. The number of hydrogen-bond donors (Lipinski definition) is 0. The Morgan fingerprint density at radius 3 is 1.33 bits per heavy atom. The summed E-state index contributed by atoms with van der Waals surface area (Å²) in [5, 5.41) is 15.8. The van der Waals surface area contributed by atoms with Gasteiger partial charge in [-0.2, -0.15) is 20.4 Å². The van der Waals surface area contributed by atoms with Crippen LogP contribution in [0, 0.1) is 0 Å². The molecule has 4 aromatic rings. The van der Waals surface area contributed by atoms with E-state index in [1.54, 1.807) is 24.8 Å². The van der Waals surface area contributed by atoms with Crippen molar-refractivity contribution in [3.8, 4) is 0 Å². The van der Waals surface area contributed by atoms with E-state index in [1.807, 2.05) is 72.8 Å². The minimum absolute atomic E-state index is 0. The second kappa shape index (κ2) is 20.1. The molecule has 0 aliphatic heterocycles. The number of nitrogens with zero attached hydrogens (tertiary/aromatic N) is 6. The molecule has 0 saturated carbocycles. The molecule has 2 aromatic carbocycles. The van der Waals surface area contributed by atoms with Gasteiger partial charge in [-0.25, -0.2) is 0 Å². The Bertz CT molecular complexity index is 1220. The molecule has 2 aromatic heterocycles. The van der Waals surface area contributed by atoms with Crippen molar-refractivity contribution in [3.63, 3.8) is 0 Å². The molecule has 0 aliphatic rings. The van der Waals surface area contributed by atoms with E-state index in [0.29, 0.717) is 8.75 Å². The maximum absolute atomic E-state index is 5.13. The molecule has 0 amide bonds. The third kappa shape index (κ3) is 14.8. The number of pyridine rings is 2. The Labute approximate surface area is 261 Å². The van der Waals surface area contributed by atoms with Gasteiger partial charge in [0.2, 0.25) is 0 Å². The number of aromatic nitrogens is 2. The molecule has 4 rings (SSSR count). The van der Waals surface area contributed by atoms with Crippen LogP contribution in [0.5, 0.6) is 0 Å². The Hall–Kier alpha value is -2.82. The van der Waals surface area contributed by atoms with Crippen LogP contribution in [0.1, 0.15) is 22.5 Å². The van der Waals surface area contributed by atoms with Gasteiger partial charge >= 0.3 is 19.5 Å². The van der Waals surface area contributed by atoms with Crippen molar-refractivity contribution in [2.24, 2.45) is 20.4 Å². The fourth-order valence-corrected chi connectivity index (χ4v) is 4.29. The van der Waals surface area contributed by atoms with Crippen LogP contribution in [0.4, 0.5) is 0 Å². The van der Waals surface area contributed by atoms with E-state index in [2.05, 4.69) is 54.6 Å². The molecule has 0 spiro atoms. The molecule has 0 saturated heterocycles. The van der Waals surface area contributed by atoms with E-state index in [1.165, 1.54) is 34.7 Å². The summed E-state index contributed by atoms with van der Waals surface area (Å²) in [6.45, 7) is 0. The first-order chi connectivity index (χ1) is 18.7. The molecule has 6 nitrogen and oxygen atoms in total. The zero-order valence-electron chi connectivity index (χ0n) is 21.0. The molecule has 2 heterocycles. The molecule has 0 bridgehead atoms. The Balaban J connectivity index is 0.000000267. The molecule has 0 aliphatic carbocycles. The third-order valence-electron chi connectivity index (χ3n) is 4.44. The fraction of sp³-hybridized carbons (Fsp3) is 0.0714. The maximum Gasteiger partial charge on any atom is 2.00 e. The molecule has 0 radical (unpaired) electrons. The summed E-state index contributed by atoms with van der Waals surface area (Å²) in [5.74, 6) is 1.62. The van der Waals surface area contributed by atoms with Crippen molar-refractivity contribution in [3.05, 3.63) is 132 Å². The van der Waals surface area contributed by atoms with Crippen molar-refractivity contribution in [2.45, 2.75) is 11.5 Å². The topological polar surface area (TPSA) is 75.2 Å². The Morgan fingerprint density at radius 1 is 0.590 bits per heavy atom. The first-order valence-corrected chi connectivity index (χ1v) is 14.2. The molecular weight excluding hydrogens is 614 g/mol. The van der Waals surface area contributed by atoms with Crippen LogP contribution in [0.25, 0.3) is 0 Å². The van der Waals surface area contributed by atoms with Crippen LogP contribution in [0.3, 0.4) is 0 Å². The predicted molar refractivity (Wildman–Crippen MR) is 169 cm³/mol. The number of rotatable bonds is 8. The van der Waals surface area contributed by atoms with E-state index < -0.39 is 0 Å². The molecule has 0 fully saturated rings. The van der Waals surface area contributed by atoms with E-state index in [-0.39, 0.29) is 19.5 Å². The smallest absolute Gasteiger partial charge is 0.752 e. The Morgan fingerprint density at radius 2 is 0.974 bits per heavy atom. The van der Waals surface area contributed by atoms with Crippen LogP contribution >= 0.6 is 23.5 Å². The van der Waals surface area contributed by atoms with E-state index >= 15 is 0 Å². The standard InChI is InChI=1S/2C14H13N3S2.Zn/c2*18-14(19-11-12-6-2-1-3-7-12)17-16-10-13-8-4-5-9-15-13;/h2*1-10H,11H2,(H,17,18);/q;;+2/p-2/b2*16-10+;. The molecular formula is C28H24N6S4Zn. The van der Waals surface area contributed by atoms with Crippen molar-refractivity contribution in [1.82, 2.24) is 9.97 Å². The number of benzene rings is 2. The van der Waals surface area contributed by atoms with Gasteiger partial charge < -0.3 is 25.3 Å². The fourth-order valence-electron chi connectivity index (χ4n) is 2.67. The summed E-state index contributed by atoms with van der Waals surface area (Å²) in [6, 6.07) is 31.5. The predicted octanol–water partition coefficient (Wildman–Crippen LogP) is 6.50. The molecule has 0 N–H and O–H groups in total. The average molecular weight is 638 g/mol. The van der Waals surface area contributed by atoms with Gasteiger partial charge in [0.05, 0.1) is 23.8 Å². The molecule has 0 unspecified atom stereocenters. The molecule has 192 valence electrons. The summed E-state index contributed by atoms with van der Waals surface area (Å²) < 4.78 is 1.05. The zero-order chi connectivity index (χ0) is 26.7. The van der Waals surface area contributed by atoms with Crippen LogP contribution < -0.4 is 0 Å². The summed E-state index contributed by atoms with van der Waals surface area (Å²) in [4.78, 5) is 8.22. The second-order valence-corrected chi connectivity index (χ2v) is 10.5.